The van der Waals surface area contributed by atoms with Crippen molar-refractivity contribution in [2.45, 2.75) is 0 Å². The number of carbonyl (C=O) groups is 1. The van der Waals surface area contributed by atoms with E-state index in [4.69, 9.17) is 14.6 Å². The highest BCUT2D eigenvalue weighted by molar-refractivity contribution is 6.02. The molecule has 0 amide bonds. The standard InChI is InChI=1S/C15H18N2O4/c1-20-9-10-21-8-7-16-14-6-5-11-12(15(18)19)3-2-4-13(11)17-14/h2-6H,7-10H2,1H3,(H,16,17)(H,18,19). The van der Waals surface area contributed by atoms with Crippen LogP contribution in [-0.4, -0.2) is 49.5 Å². The molecule has 0 saturated carbocycles. The fraction of sp³-hybridized carbons (Fsp3) is 0.333. The second-order valence-corrected chi connectivity index (χ2v) is 4.41. The smallest absolute Gasteiger partial charge is 0.336 e. The number of carboxylic acid groups (broad SMARTS) is 1. The number of nitrogens with one attached hydrogen (secondary N) is 1. The molecule has 0 atom stereocenters. The number of ether oxygens (including phenoxy) is 2. The molecule has 0 fully saturated rings. The van der Waals surface area contributed by atoms with Crippen molar-refractivity contribution in [3.05, 3.63) is 35.9 Å². The van der Waals surface area contributed by atoms with Crippen LogP contribution in [0, 0.1) is 0 Å². The summed E-state index contributed by atoms with van der Waals surface area (Å²) in [6, 6.07) is 8.59. The number of nitrogens with zero attached hydrogens (tertiary/aromatic N) is 1. The predicted octanol–water partition coefficient (Wildman–Crippen LogP) is 2.01. The Labute approximate surface area is 122 Å². The van der Waals surface area contributed by atoms with Gasteiger partial charge >= 0.3 is 5.97 Å². The molecule has 0 saturated heterocycles. The van der Waals surface area contributed by atoms with Crippen LogP contribution in [0.25, 0.3) is 10.9 Å². The van der Waals surface area contributed by atoms with Gasteiger partial charge in [0.05, 0.1) is 30.9 Å². The number of rotatable bonds is 8. The number of methoxy groups -OCH3 is 1. The highest BCUT2D eigenvalue weighted by Gasteiger charge is 2.08. The first-order chi connectivity index (χ1) is 10.2. The molecule has 1 aromatic heterocycles. The second-order valence-electron chi connectivity index (χ2n) is 4.41. The van der Waals surface area contributed by atoms with E-state index in [0.29, 0.717) is 43.1 Å². The molecule has 21 heavy (non-hydrogen) atoms. The molecule has 0 radical (unpaired) electrons. The molecule has 0 unspecified atom stereocenters. The van der Waals surface area contributed by atoms with E-state index in [0.717, 1.165) is 0 Å². The molecule has 6 nitrogen and oxygen atoms in total. The lowest BCUT2D eigenvalue weighted by Crippen LogP contribution is -2.12. The third-order valence-electron chi connectivity index (χ3n) is 2.95. The molecule has 112 valence electrons. The maximum atomic E-state index is 11.1. The van der Waals surface area contributed by atoms with E-state index in [9.17, 15) is 4.79 Å². The molecular formula is C15H18N2O4. The van der Waals surface area contributed by atoms with Gasteiger partial charge in [-0.25, -0.2) is 9.78 Å². The van der Waals surface area contributed by atoms with Gasteiger partial charge in [-0.05, 0) is 24.3 Å². The number of hydrogen-bond donors (Lipinski definition) is 2. The number of pyridine rings is 1. The van der Waals surface area contributed by atoms with Crippen LogP contribution < -0.4 is 5.32 Å². The van der Waals surface area contributed by atoms with Crippen molar-refractivity contribution in [2.75, 3.05) is 38.8 Å². The van der Waals surface area contributed by atoms with Crippen LogP contribution in [0.3, 0.4) is 0 Å². The summed E-state index contributed by atoms with van der Waals surface area (Å²) in [6.45, 7) is 2.32. The highest BCUT2D eigenvalue weighted by Crippen LogP contribution is 2.19. The minimum Gasteiger partial charge on any atom is -0.478 e. The Bertz CT molecular complexity index is 616. The number of hydrogen-bond acceptors (Lipinski definition) is 5. The van der Waals surface area contributed by atoms with Crippen molar-refractivity contribution >= 4 is 22.7 Å². The number of fused-ring (bicyclic) bond motifs is 1. The average Bonchev–Trinajstić information content (AvgIpc) is 2.49. The maximum Gasteiger partial charge on any atom is 0.336 e. The fourth-order valence-electron chi connectivity index (χ4n) is 1.94. The van der Waals surface area contributed by atoms with Gasteiger partial charge in [0, 0.05) is 19.0 Å². The van der Waals surface area contributed by atoms with Crippen LogP contribution in [0.2, 0.25) is 0 Å². The number of aromatic nitrogens is 1. The normalized spacial score (nSPS) is 10.7. The fourth-order valence-corrected chi connectivity index (χ4v) is 1.94. The Morgan fingerprint density at radius 1 is 1.24 bits per heavy atom. The molecular weight excluding hydrogens is 272 g/mol. The summed E-state index contributed by atoms with van der Waals surface area (Å²) in [5.41, 5.74) is 0.912. The van der Waals surface area contributed by atoms with Gasteiger partial charge in [-0.1, -0.05) is 6.07 Å². The summed E-state index contributed by atoms with van der Waals surface area (Å²) >= 11 is 0. The third-order valence-corrected chi connectivity index (χ3v) is 2.95. The molecule has 6 heteroatoms. The molecule has 0 aliphatic heterocycles. The van der Waals surface area contributed by atoms with Gasteiger partial charge in [0.2, 0.25) is 0 Å². The number of aromatic carboxylic acids is 1. The predicted molar refractivity (Wildman–Crippen MR) is 79.9 cm³/mol. The Balaban J connectivity index is 1.98. The number of anilines is 1. The summed E-state index contributed by atoms with van der Waals surface area (Å²) in [6.07, 6.45) is 0. The summed E-state index contributed by atoms with van der Waals surface area (Å²) in [5, 5.41) is 12.9. The summed E-state index contributed by atoms with van der Waals surface area (Å²) in [4.78, 5) is 15.5. The van der Waals surface area contributed by atoms with Crippen molar-refractivity contribution in [3.63, 3.8) is 0 Å². The highest BCUT2D eigenvalue weighted by atomic mass is 16.5. The number of carboxylic acids is 1. The van der Waals surface area contributed by atoms with Crippen molar-refractivity contribution in [2.24, 2.45) is 0 Å². The van der Waals surface area contributed by atoms with Crippen LogP contribution in [0.15, 0.2) is 30.3 Å². The van der Waals surface area contributed by atoms with E-state index < -0.39 is 5.97 Å². The Morgan fingerprint density at radius 2 is 2.10 bits per heavy atom. The first kappa shape index (κ1) is 15.2. The molecule has 2 N–H and O–H groups in total. The van der Waals surface area contributed by atoms with E-state index in [-0.39, 0.29) is 5.56 Å². The van der Waals surface area contributed by atoms with Crippen molar-refractivity contribution < 1.29 is 19.4 Å². The van der Waals surface area contributed by atoms with E-state index in [2.05, 4.69) is 10.3 Å². The lowest BCUT2D eigenvalue weighted by Gasteiger charge is -2.08. The van der Waals surface area contributed by atoms with Crippen LogP contribution in [0.4, 0.5) is 5.82 Å². The minimum absolute atomic E-state index is 0.259. The lowest BCUT2D eigenvalue weighted by molar-refractivity contribution is 0.0699. The van der Waals surface area contributed by atoms with Crippen LogP contribution in [0.5, 0.6) is 0 Å². The molecule has 0 bridgehead atoms. The van der Waals surface area contributed by atoms with Crippen LogP contribution >= 0.6 is 0 Å². The van der Waals surface area contributed by atoms with Gasteiger partial charge in [-0.2, -0.15) is 0 Å². The first-order valence-electron chi connectivity index (χ1n) is 6.66. The van der Waals surface area contributed by atoms with E-state index in [1.54, 1.807) is 37.4 Å². The maximum absolute atomic E-state index is 11.1. The van der Waals surface area contributed by atoms with Crippen LogP contribution in [0.1, 0.15) is 10.4 Å². The minimum atomic E-state index is -0.949. The quantitative estimate of drug-likeness (QED) is 0.724. The molecule has 1 heterocycles. The van der Waals surface area contributed by atoms with Gasteiger partial charge in [-0.15, -0.1) is 0 Å². The molecule has 0 aliphatic rings. The van der Waals surface area contributed by atoms with Gasteiger partial charge in [0.25, 0.3) is 0 Å². The zero-order valence-electron chi connectivity index (χ0n) is 11.8. The zero-order valence-corrected chi connectivity index (χ0v) is 11.8. The van der Waals surface area contributed by atoms with Crippen molar-refractivity contribution in [1.29, 1.82) is 0 Å². The average molecular weight is 290 g/mol. The molecule has 2 rings (SSSR count). The second kappa shape index (κ2) is 7.56. The molecule has 0 spiro atoms. The SMILES string of the molecule is COCCOCCNc1ccc2c(C(=O)O)cccc2n1. The largest absolute Gasteiger partial charge is 0.478 e. The van der Waals surface area contributed by atoms with Crippen molar-refractivity contribution in [1.82, 2.24) is 4.98 Å². The van der Waals surface area contributed by atoms with Gasteiger partial charge in [0.15, 0.2) is 0 Å². The van der Waals surface area contributed by atoms with E-state index in [1.807, 2.05) is 0 Å². The van der Waals surface area contributed by atoms with Crippen LogP contribution in [-0.2, 0) is 9.47 Å². The van der Waals surface area contributed by atoms with E-state index >= 15 is 0 Å². The van der Waals surface area contributed by atoms with Gasteiger partial charge in [-0.3, -0.25) is 0 Å². The summed E-state index contributed by atoms with van der Waals surface area (Å²) in [7, 11) is 1.63. The van der Waals surface area contributed by atoms with Crippen molar-refractivity contribution in [3.8, 4) is 0 Å². The molecule has 1 aromatic carbocycles. The number of benzene rings is 1. The topological polar surface area (TPSA) is 80.7 Å². The Kier molecular flexibility index (Phi) is 5.48. The Hall–Kier alpha value is -2.18. The van der Waals surface area contributed by atoms with Gasteiger partial charge < -0.3 is 19.9 Å². The summed E-state index contributed by atoms with van der Waals surface area (Å²) < 4.78 is 10.2. The third kappa shape index (κ3) is 4.14. The zero-order chi connectivity index (χ0) is 15.1. The molecule has 0 aliphatic carbocycles. The molecule has 2 aromatic rings. The summed E-state index contributed by atoms with van der Waals surface area (Å²) in [5.74, 6) is -0.255. The monoisotopic (exact) mass is 290 g/mol. The first-order valence-corrected chi connectivity index (χ1v) is 6.66. The van der Waals surface area contributed by atoms with E-state index in [1.165, 1.54) is 0 Å². The Morgan fingerprint density at radius 3 is 2.86 bits per heavy atom. The lowest BCUT2D eigenvalue weighted by atomic mass is 10.1. The van der Waals surface area contributed by atoms with Gasteiger partial charge in [0.1, 0.15) is 5.82 Å².